The van der Waals surface area contributed by atoms with Crippen molar-refractivity contribution in [1.29, 1.82) is 0 Å². The molecule has 1 aliphatic heterocycles. The third kappa shape index (κ3) is 3.92. The Labute approximate surface area is 157 Å². The maximum Gasteiger partial charge on any atom is 0.419 e. The van der Waals surface area contributed by atoms with Crippen LogP contribution in [0.3, 0.4) is 0 Å². The van der Waals surface area contributed by atoms with Crippen LogP contribution in [0.25, 0.3) is 0 Å². The molecule has 2 aromatic rings. The number of halogens is 3. The van der Waals surface area contributed by atoms with Gasteiger partial charge in [-0.1, -0.05) is 17.3 Å². The number of carbonyl (C=O) groups is 2. The molecule has 1 saturated heterocycles. The molecule has 0 spiro atoms. The van der Waals surface area contributed by atoms with Crippen LogP contribution in [-0.2, 0) is 11.0 Å². The van der Waals surface area contributed by atoms with E-state index in [2.05, 4.69) is 10.1 Å². The van der Waals surface area contributed by atoms with E-state index >= 15 is 0 Å². The molecule has 1 aromatic carbocycles. The maximum atomic E-state index is 13.1. The Morgan fingerprint density at radius 3 is 2.71 bits per heavy atom. The van der Waals surface area contributed by atoms with E-state index in [-0.39, 0.29) is 11.7 Å². The van der Waals surface area contributed by atoms with Gasteiger partial charge in [0.1, 0.15) is 11.8 Å². The number of primary amides is 1. The van der Waals surface area contributed by atoms with E-state index in [0.29, 0.717) is 19.4 Å². The number of hydrogen-bond donors (Lipinski definition) is 1. The Morgan fingerprint density at radius 2 is 2.07 bits per heavy atom. The predicted octanol–water partition coefficient (Wildman–Crippen LogP) is 2.32. The van der Waals surface area contributed by atoms with Crippen molar-refractivity contribution in [1.82, 2.24) is 15.0 Å². The first-order valence-corrected chi connectivity index (χ1v) is 8.45. The quantitative estimate of drug-likeness (QED) is 0.827. The van der Waals surface area contributed by atoms with Crippen molar-refractivity contribution < 1.29 is 32.0 Å². The number of likely N-dealkylation sites (tertiary alicyclic amines) is 1. The van der Waals surface area contributed by atoms with Gasteiger partial charge in [0.2, 0.25) is 5.89 Å². The fourth-order valence-electron chi connectivity index (χ4n) is 3.04. The van der Waals surface area contributed by atoms with Crippen molar-refractivity contribution in [3.8, 4) is 5.75 Å². The lowest BCUT2D eigenvalue weighted by molar-refractivity contribution is -0.144. The molecule has 11 heteroatoms. The van der Waals surface area contributed by atoms with Gasteiger partial charge in [0.05, 0.1) is 5.56 Å². The molecule has 1 fully saturated rings. The zero-order valence-electron chi connectivity index (χ0n) is 14.8. The second-order valence-corrected chi connectivity index (χ2v) is 6.26. The molecule has 1 aromatic heterocycles. The Hall–Kier alpha value is -3.11. The molecule has 0 aliphatic carbocycles. The summed E-state index contributed by atoms with van der Waals surface area (Å²) in [5, 5.41) is 3.45. The number of ether oxygens (including phenoxy) is 1. The standard InChI is InChI=1S/C17H17F3N4O4/c1-9(27-12-7-3-2-5-10(12)17(18,19)20)16(26)24-8-4-6-11(24)15-22-14(13(21)25)23-28-15/h2-3,5,7,9,11H,4,6,8H2,1H3,(H2,21,25)/t9-,11+/m0/s1. The van der Waals surface area contributed by atoms with Gasteiger partial charge in [-0.3, -0.25) is 9.59 Å². The highest BCUT2D eigenvalue weighted by atomic mass is 19.4. The SMILES string of the molecule is C[C@H](Oc1ccccc1C(F)(F)F)C(=O)N1CCC[C@@H]1c1nc(C(N)=O)no1. The topological polar surface area (TPSA) is 112 Å². The molecule has 3 rings (SSSR count). The molecule has 0 saturated carbocycles. The second kappa shape index (κ2) is 7.49. The molecular formula is C17H17F3N4O4. The monoisotopic (exact) mass is 398 g/mol. The second-order valence-electron chi connectivity index (χ2n) is 6.26. The van der Waals surface area contributed by atoms with E-state index in [1.807, 2.05) is 0 Å². The molecule has 2 atom stereocenters. The van der Waals surface area contributed by atoms with Crippen LogP contribution in [0.15, 0.2) is 28.8 Å². The molecule has 0 unspecified atom stereocenters. The minimum atomic E-state index is -4.61. The van der Waals surface area contributed by atoms with Gasteiger partial charge in [0.25, 0.3) is 17.6 Å². The highest BCUT2D eigenvalue weighted by molar-refractivity contribution is 5.88. The van der Waals surface area contributed by atoms with E-state index in [1.54, 1.807) is 0 Å². The minimum Gasteiger partial charge on any atom is -0.480 e. The third-order valence-corrected chi connectivity index (χ3v) is 4.33. The van der Waals surface area contributed by atoms with Gasteiger partial charge in [0.15, 0.2) is 6.10 Å². The van der Waals surface area contributed by atoms with Crippen LogP contribution in [0, 0.1) is 0 Å². The largest absolute Gasteiger partial charge is 0.480 e. The van der Waals surface area contributed by atoms with Crippen LogP contribution in [0.4, 0.5) is 13.2 Å². The summed E-state index contributed by atoms with van der Waals surface area (Å²) in [6, 6.07) is 4.08. The number of carbonyl (C=O) groups excluding carboxylic acids is 2. The average molecular weight is 398 g/mol. The van der Waals surface area contributed by atoms with Gasteiger partial charge in [-0.2, -0.15) is 18.2 Å². The number of nitrogens with zero attached hydrogens (tertiary/aromatic N) is 3. The molecule has 2 heterocycles. The molecule has 2 amide bonds. The Balaban J connectivity index is 1.76. The zero-order chi connectivity index (χ0) is 20.5. The van der Waals surface area contributed by atoms with Crippen LogP contribution in [0.2, 0.25) is 0 Å². The van der Waals surface area contributed by atoms with Crippen molar-refractivity contribution in [2.45, 2.75) is 38.1 Å². The molecule has 0 radical (unpaired) electrons. The van der Waals surface area contributed by atoms with E-state index in [0.717, 1.165) is 12.1 Å². The molecule has 150 valence electrons. The molecule has 1 aliphatic rings. The average Bonchev–Trinajstić information content (AvgIpc) is 3.29. The lowest BCUT2D eigenvalue weighted by Gasteiger charge is -2.26. The van der Waals surface area contributed by atoms with E-state index < -0.39 is 41.4 Å². The first kappa shape index (κ1) is 19.6. The van der Waals surface area contributed by atoms with E-state index in [4.69, 9.17) is 15.0 Å². The summed E-state index contributed by atoms with van der Waals surface area (Å²) in [7, 11) is 0. The molecule has 8 nitrogen and oxygen atoms in total. The van der Waals surface area contributed by atoms with Crippen LogP contribution in [-0.4, -0.2) is 39.5 Å². The van der Waals surface area contributed by atoms with Gasteiger partial charge < -0.3 is 19.9 Å². The normalized spacial score (nSPS) is 18.1. The number of rotatable bonds is 5. The van der Waals surface area contributed by atoms with Crippen molar-refractivity contribution in [2.24, 2.45) is 5.73 Å². The molecule has 0 bridgehead atoms. The fraction of sp³-hybridized carbons (Fsp3) is 0.412. The minimum absolute atomic E-state index is 0.0440. The summed E-state index contributed by atoms with van der Waals surface area (Å²) in [4.78, 5) is 29.2. The highest BCUT2D eigenvalue weighted by Crippen LogP contribution is 2.37. The summed E-state index contributed by atoms with van der Waals surface area (Å²) in [5.74, 6) is -2.09. The number of alkyl halides is 3. The van der Waals surface area contributed by atoms with Crippen LogP contribution in [0.1, 0.15) is 47.9 Å². The Morgan fingerprint density at radius 1 is 1.36 bits per heavy atom. The summed E-state index contributed by atoms with van der Waals surface area (Å²) < 4.78 is 49.7. The van der Waals surface area contributed by atoms with E-state index in [9.17, 15) is 22.8 Å². The van der Waals surface area contributed by atoms with Gasteiger partial charge in [-0.05, 0) is 31.9 Å². The Bertz CT molecular complexity index is 883. The zero-order valence-corrected chi connectivity index (χ0v) is 14.8. The number of para-hydroxylation sites is 1. The van der Waals surface area contributed by atoms with Crippen molar-refractivity contribution in [2.75, 3.05) is 6.54 Å². The van der Waals surface area contributed by atoms with Gasteiger partial charge >= 0.3 is 6.18 Å². The summed E-state index contributed by atoms with van der Waals surface area (Å²) >= 11 is 0. The Kier molecular flexibility index (Phi) is 5.25. The number of amides is 2. The van der Waals surface area contributed by atoms with Crippen molar-refractivity contribution >= 4 is 11.8 Å². The van der Waals surface area contributed by atoms with Gasteiger partial charge in [-0.15, -0.1) is 0 Å². The van der Waals surface area contributed by atoms with Crippen molar-refractivity contribution in [3.63, 3.8) is 0 Å². The lowest BCUT2D eigenvalue weighted by Crippen LogP contribution is -2.40. The van der Waals surface area contributed by atoms with Crippen LogP contribution >= 0.6 is 0 Å². The first-order chi connectivity index (χ1) is 13.2. The first-order valence-electron chi connectivity index (χ1n) is 8.45. The maximum absolute atomic E-state index is 13.1. The number of nitrogens with two attached hydrogens (primary N) is 1. The fourth-order valence-corrected chi connectivity index (χ4v) is 3.04. The highest BCUT2D eigenvalue weighted by Gasteiger charge is 2.38. The van der Waals surface area contributed by atoms with Gasteiger partial charge in [-0.25, -0.2) is 0 Å². The predicted molar refractivity (Wildman–Crippen MR) is 88.0 cm³/mol. The van der Waals surface area contributed by atoms with Crippen LogP contribution < -0.4 is 10.5 Å². The lowest BCUT2D eigenvalue weighted by atomic mass is 10.2. The molecule has 28 heavy (non-hydrogen) atoms. The number of benzene rings is 1. The summed E-state index contributed by atoms with van der Waals surface area (Å²) in [5.41, 5.74) is 4.12. The number of aromatic nitrogens is 2. The summed E-state index contributed by atoms with van der Waals surface area (Å²) in [6.45, 7) is 1.71. The van der Waals surface area contributed by atoms with Crippen LogP contribution in [0.5, 0.6) is 5.75 Å². The van der Waals surface area contributed by atoms with Crippen molar-refractivity contribution in [3.05, 3.63) is 41.5 Å². The summed E-state index contributed by atoms with van der Waals surface area (Å²) in [6.07, 6.45) is -4.67. The smallest absolute Gasteiger partial charge is 0.419 e. The van der Waals surface area contributed by atoms with E-state index in [1.165, 1.54) is 24.0 Å². The molecular weight excluding hydrogens is 381 g/mol. The van der Waals surface area contributed by atoms with Gasteiger partial charge in [0, 0.05) is 6.54 Å². The number of hydrogen-bond acceptors (Lipinski definition) is 6. The molecule has 2 N–H and O–H groups in total. The third-order valence-electron chi connectivity index (χ3n) is 4.33.